The molecule has 0 saturated carbocycles. The Morgan fingerprint density at radius 3 is 3.00 bits per heavy atom. The lowest BCUT2D eigenvalue weighted by Gasteiger charge is -2.20. The van der Waals surface area contributed by atoms with Gasteiger partial charge in [-0.15, -0.1) is 0 Å². The van der Waals surface area contributed by atoms with E-state index in [0.29, 0.717) is 12.3 Å². The Morgan fingerprint density at radius 1 is 1.33 bits per heavy atom. The van der Waals surface area contributed by atoms with Crippen LogP contribution in [0.4, 0.5) is 5.69 Å². The highest BCUT2D eigenvalue weighted by Crippen LogP contribution is 2.36. The summed E-state index contributed by atoms with van der Waals surface area (Å²) in [6.07, 6.45) is 2.86. The Kier molecular flexibility index (Phi) is 5.76. The van der Waals surface area contributed by atoms with E-state index in [4.69, 9.17) is 15.2 Å². The van der Waals surface area contributed by atoms with Gasteiger partial charge in [0.2, 0.25) is 0 Å². The molecular formula is C17H23BrN4O2. The summed E-state index contributed by atoms with van der Waals surface area (Å²) in [6.45, 7) is 5.20. The number of hydrogen-bond donors (Lipinski definition) is 1. The third-order valence-corrected chi connectivity index (χ3v) is 4.71. The van der Waals surface area contributed by atoms with E-state index in [0.717, 1.165) is 60.7 Å². The lowest BCUT2D eigenvalue weighted by Crippen LogP contribution is -2.30. The SMILES string of the molecule is Cn1ncc(Br)c1-c1cc(N)ccc1OCCN1CCCOCC1. The Labute approximate surface area is 150 Å². The fourth-order valence-electron chi connectivity index (χ4n) is 2.88. The van der Waals surface area contributed by atoms with Gasteiger partial charge in [0.15, 0.2) is 0 Å². The number of hydrogen-bond acceptors (Lipinski definition) is 5. The summed E-state index contributed by atoms with van der Waals surface area (Å²) in [5.74, 6) is 0.819. The molecule has 1 saturated heterocycles. The van der Waals surface area contributed by atoms with Gasteiger partial charge >= 0.3 is 0 Å². The lowest BCUT2D eigenvalue weighted by atomic mass is 10.1. The van der Waals surface area contributed by atoms with Crippen molar-refractivity contribution in [3.8, 4) is 17.0 Å². The summed E-state index contributed by atoms with van der Waals surface area (Å²) in [6, 6.07) is 5.72. The highest BCUT2D eigenvalue weighted by atomic mass is 79.9. The normalized spacial score (nSPS) is 16.1. The molecule has 7 heteroatoms. The molecule has 0 radical (unpaired) electrons. The first-order valence-electron chi connectivity index (χ1n) is 8.15. The van der Waals surface area contributed by atoms with Crippen LogP contribution in [-0.2, 0) is 11.8 Å². The fraction of sp³-hybridized carbons (Fsp3) is 0.471. The van der Waals surface area contributed by atoms with E-state index in [-0.39, 0.29) is 0 Å². The minimum absolute atomic E-state index is 0.631. The highest BCUT2D eigenvalue weighted by Gasteiger charge is 2.15. The lowest BCUT2D eigenvalue weighted by molar-refractivity contribution is 0.137. The number of ether oxygens (including phenoxy) is 2. The molecule has 6 nitrogen and oxygen atoms in total. The predicted molar refractivity (Wildman–Crippen MR) is 98.1 cm³/mol. The summed E-state index contributed by atoms with van der Waals surface area (Å²) in [5.41, 5.74) is 8.58. The number of anilines is 1. The minimum atomic E-state index is 0.631. The zero-order valence-electron chi connectivity index (χ0n) is 13.9. The number of aryl methyl sites for hydroxylation is 1. The molecule has 2 aromatic rings. The number of nitrogens with two attached hydrogens (primary N) is 1. The second-order valence-corrected chi connectivity index (χ2v) is 6.73. The van der Waals surface area contributed by atoms with E-state index >= 15 is 0 Å². The Bertz CT molecular complexity index is 662. The van der Waals surface area contributed by atoms with E-state index in [1.165, 1.54) is 0 Å². The average molecular weight is 395 g/mol. The number of halogens is 1. The highest BCUT2D eigenvalue weighted by molar-refractivity contribution is 9.10. The Hall–Kier alpha value is -1.57. The van der Waals surface area contributed by atoms with Gasteiger partial charge in [-0.05, 0) is 40.5 Å². The smallest absolute Gasteiger partial charge is 0.128 e. The molecule has 0 atom stereocenters. The molecule has 0 unspecified atom stereocenters. The molecule has 0 aliphatic carbocycles. The molecule has 1 aliphatic heterocycles. The van der Waals surface area contributed by atoms with Crippen molar-refractivity contribution in [1.29, 1.82) is 0 Å². The monoisotopic (exact) mass is 394 g/mol. The Morgan fingerprint density at radius 2 is 2.21 bits per heavy atom. The molecule has 0 bridgehead atoms. The number of nitrogens with zero attached hydrogens (tertiary/aromatic N) is 3. The number of aromatic nitrogens is 2. The van der Waals surface area contributed by atoms with Gasteiger partial charge in [0.1, 0.15) is 12.4 Å². The molecule has 130 valence electrons. The Balaban J connectivity index is 1.71. The van der Waals surface area contributed by atoms with E-state index in [9.17, 15) is 0 Å². The maximum absolute atomic E-state index is 6.07. The van der Waals surface area contributed by atoms with Crippen molar-refractivity contribution < 1.29 is 9.47 Å². The zero-order valence-corrected chi connectivity index (χ0v) is 15.5. The molecule has 1 aliphatic rings. The first-order valence-corrected chi connectivity index (χ1v) is 8.95. The topological polar surface area (TPSA) is 65.5 Å². The van der Waals surface area contributed by atoms with Crippen LogP contribution < -0.4 is 10.5 Å². The van der Waals surface area contributed by atoms with Crippen LogP contribution in [0.25, 0.3) is 11.3 Å². The van der Waals surface area contributed by atoms with Crippen molar-refractivity contribution in [3.63, 3.8) is 0 Å². The molecule has 0 spiro atoms. The molecule has 2 heterocycles. The third kappa shape index (κ3) is 4.09. The molecular weight excluding hydrogens is 372 g/mol. The van der Waals surface area contributed by atoms with Crippen LogP contribution in [0.1, 0.15) is 6.42 Å². The summed E-state index contributed by atoms with van der Waals surface area (Å²) < 4.78 is 14.3. The van der Waals surface area contributed by atoms with Crippen molar-refractivity contribution in [1.82, 2.24) is 14.7 Å². The van der Waals surface area contributed by atoms with Gasteiger partial charge in [0, 0.05) is 44.5 Å². The zero-order chi connectivity index (χ0) is 16.9. The van der Waals surface area contributed by atoms with Crippen molar-refractivity contribution in [3.05, 3.63) is 28.9 Å². The van der Waals surface area contributed by atoms with E-state index in [1.807, 2.05) is 29.9 Å². The van der Waals surface area contributed by atoms with Crippen LogP contribution in [0.15, 0.2) is 28.9 Å². The maximum Gasteiger partial charge on any atom is 0.128 e. The summed E-state index contributed by atoms with van der Waals surface area (Å²) in [7, 11) is 1.91. The molecule has 1 fully saturated rings. The van der Waals surface area contributed by atoms with Gasteiger partial charge in [0.25, 0.3) is 0 Å². The fourth-order valence-corrected chi connectivity index (χ4v) is 3.44. The van der Waals surface area contributed by atoms with Gasteiger partial charge in [-0.3, -0.25) is 9.58 Å². The molecule has 3 rings (SSSR count). The number of benzene rings is 1. The predicted octanol–water partition coefficient (Wildman–Crippen LogP) is 2.53. The van der Waals surface area contributed by atoms with E-state index in [2.05, 4.69) is 25.9 Å². The van der Waals surface area contributed by atoms with Crippen molar-refractivity contribution in [2.45, 2.75) is 6.42 Å². The van der Waals surface area contributed by atoms with Crippen LogP contribution in [0.2, 0.25) is 0 Å². The van der Waals surface area contributed by atoms with E-state index < -0.39 is 0 Å². The molecule has 24 heavy (non-hydrogen) atoms. The van der Waals surface area contributed by atoms with Gasteiger partial charge in [-0.2, -0.15) is 5.10 Å². The summed E-state index contributed by atoms with van der Waals surface area (Å²) in [4.78, 5) is 2.38. The summed E-state index contributed by atoms with van der Waals surface area (Å²) >= 11 is 3.55. The first-order chi connectivity index (χ1) is 11.6. The van der Waals surface area contributed by atoms with Crippen molar-refractivity contribution in [2.24, 2.45) is 7.05 Å². The van der Waals surface area contributed by atoms with Gasteiger partial charge in [0.05, 0.1) is 23.0 Å². The third-order valence-electron chi connectivity index (χ3n) is 4.13. The average Bonchev–Trinajstić information content (AvgIpc) is 2.77. The van der Waals surface area contributed by atoms with Crippen molar-refractivity contribution >= 4 is 21.6 Å². The van der Waals surface area contributed by atoms with Crippen molar-refractivity contribution in [2.75, 3.05) is 45.2 Å². The standard InChI is InChI=1S/C17H23BrN4O2/c1-21-17(15(18)12-20-21)14-11-13(19)3-4-16(14)24-10-7-22-5-2-8-23-9-6-22/h3-4,11-12H,2,5-10,19H2,1H3. The molecule has 0 amide bonds. The molecule has 2 N–H and O–H groups in total. The summed E-state index contributed by atoms with van der Waals surface area (Å²) in [5, 5.41) is 4.28. The maximum atomic E-state index is 6.07. The van der Waals surface area contributed by atoms with Gasteiger partial charge < -0.3 is 15.2 Å². The van der Waals surface area contributed by atoms with E-state index in [1.54, 1.807) is 6.20 Å². The second kappa shape index (κ2) is 8.00. The largest absolute Gasteiger partial charge is 0.492 e. The van der Waals surface area contributed by atoms with Crippen LogP contribution in [-0.4, -0.2) is 54.1 Å². The van der Waals surface area contributed by atoms with Crippen LogP contribution in [0.5, 0.6) is 5.75 Å². The van der Waals surface area contributed by atoms with Crippen LogP contribution in [0, 0.1) is 0 Å². The van der Waals surface area contributed by atoms with Crippen LogP contribution in [0.3, 0.4) is 0 Å². The molecule has 1 aromatic heterocycles. The quantitative estimate of drug-likeness (QED) is 0.789. The van der Waals surface area contributed by atoms with Crippen LogP contribution >= 0.6 is 15.9 Å². The minimum Gasteiger partial charge on any atom is -0.492 e. The van der Waals surface area contributed by atoms with Gasteiger partial charge in [-0.25, -0.2) is 0 Å². The first kappa shape index (κ1) is 17.3. The number of nitrogen functional groups attached to an aromatic ring is 1. The second-order valence-electron chi connectivity index (χ2n) is 5.88. The number of rotatable bonds is 5. The molecule has 1 aromatic carbocycles. The van der Waals surface area contributed by atoms with Gasteiger partial charge in [-0.1, -0.05) is 0 Å².